The van der Waals surface area contributed by atoms with Crippen molar-refractivity contribution in [1.29, 1.82) is 0 Å². The molecule has 16 heavy (non-hydrogen) atoms. The van der Waals surface area contributed by atoms with Crippen molar-refractivity contribution in [3.05, 3.63) is 24.3 Å². The van der Waals surface area contributed by atoms with Gasteiger partial charge in [0.2, 0.25) is 0 Å². The molecule has 86 valence electrons. The van der Waals surface area contributed by atoms with Gasteiger partial charge in [0.1, 0.15) is 6.10 Å². The maximum Gasteiger partial charge on any atom is 0.255 e. The van der Waals surface area contributed by atoms with Crippen LogP contribution in [-0.2, 0) is 9.53 Å². The van der Waals surface area contributed by atoms with Crippen molar-refractivity contribution in [2.75, 3.05) is 24.3 Å². The average Bonchev–Trinajstić information content (AvgIpc) is 2.81. The number of nitrogens with zero attached hydrogens (tertiary/aromatic N) is 1. The molecule has 1 aromatic rings. The van der Waals surface area contributed by atoms with E-state index in [-0.39, 0.29) is 12.0 Å². The molecule has 4 heteroatoms. The third kappa shape index (κ3) is 2.17. The quantitative estimate of drug-likeness (QED) is 0.767. The van der Waals surface area contributed by atoms with Gasteiger partial charge in [-0.2, -0.15) is 0 Å². The largest absolute Gasteiger partial charge is 0.399 e. The predicted octanol–water partition coefficient (Wildman–Crippen LogP) is 1.41. The first-order chi connectivity index (χ1) is 7.68. The molecule has 1 amide bonds. The Labute approximate surface area is 95.0 Å². The summed E-state index contributed by atoms with van der Waals surface area (Å²) in [6, 6.07) is 7.24. The molecule has 1 atom stereocenters. The van der Waals surface area contributed by atoms with E-state index in [2.05, 4.69) is 0 Å². The molecule has 1 fully saturated rings. The number of hydrogen-bond donors (Lipinski definition) is 1. The highest BCUT2D eigenvalue weighted by molar-refractivity contribution is 5.96. The fourth-order valence-electron chi connectivity index (χ4n) is 1.81. The highest BCUT2D eigenvalue weighted by atomic mass is 16.5. The summed E-state index contributed by atoms with van der Waals surface area (Å²) < 4.78 is 5.37. The fraction of sp³-hybridized carbons (Fsp3) is 0.417. The van der Waals surface area contributed by atoms with Crippen molar-refractivity contribution < 1.29 is 9.53 Å². The van der Waals surface area contributed by atoms with Crippen LogP contribution in [0.2, 0.25) is 0 Å². The van der Waals surface area contributed by atoms with Crippen LogP contribution in [0.15, 0.2) is 24.3 Å². The van der Waals surface area contributed by atoms with Crippen LogP contribution in [0, 0.1) is 0 Å². The molecule has 0 spiro atoms. The average molecular weight is 220 g/mol. The zero-order valence-electron chi connectivity index (χ0n) is 9.35. The summed E-state index contributed by atoms with van der Waals surface area (Å²) in [4.78, 5) is 13.6. The molecule has 2 N–H and O–H groups in total. The predicted molar refractivity (Wildman–Crippen MR) is 63.2 cm³/mol. The molecule has 1 unspecified atom stereocenters. The Balaban J connectivity index is 2.08. The summed E-state index contributed by atoms with van der Waals surface area (Å²) in [5.41, 5.74) is 7.14. The molecule has 2 rings (SSSR count). The van der Waals surface area contributed by atoms with Crippen LogP contribution < -0.4 is 10.6 Å². The maximum absolute atomic E-state index is 12.0. The lowest BCUT2D eigenvalue weighted by Gasteiger charge is -2.20. The second-order valence-electron chi connectivity index (χ2n) is 3.99. The van der Waals surface area contributed by atoms with E-state index in [0.29, 0.717) is 12.3 Å². The molecular weight excluding hydrogens is 204 g/mol. The van der Waals surface area contributed by atoms with E-state index in [1.54, 1.807) is 24.1 Å². The summed E-state index contributed by atoms with van der Waals surface area (Å²) in [6.45, 7) is 0.686. The van der Waals surface area contributed by atoms with Crippen LogP contribution in [-0.4, -0.2) is 25.7 Å². The van der Waals surface area contributed by atoms with Gasteiger partial charge >= 0.3 is 0 Å². The van der Waals surface area contributed by atoms with Crippen LogP contribution >= 0.6 is 0 Å². The van der Waals surface area contributed by atoms with Crippen molar-refractivity contribution in [3.63, 3.8) is 0 Å². The lowest BCUT2D eigenvalue weighted by Crippen LogP contribution is -2.35. The number of anilines is 2. The van der Waals surface area contributed by atoms with Gasteiger partial charge in [-0.3, -0.25) is 4.79 Å². The van der Waals surface area contributed by atoms with Gasteiger partial charge in [-0.05, 0) is 37.1 Å². The van der Waals surface area contributed by atoms with Crippen molar-refractivity contribution in [3.8, 4) is 0 Å². The standard InChI is InChI=1S/C12H16N2O2/c1-14(10-6-4-9(13)5-7-10)12(15)11-3-2-8-16-11/h4-7,11H,2-3,8,13H2,1H3. The van der Waals surface area contributed by atoms with Gasteiger partial charge in [0.25, 0.3) is 5.91 Å². The SMILES string of the molecule is CN(C(=O)C1CCCO1)c1ccc(N)cc1. The van der Waals surface area contributed by atoms with E-state index < -0.39 is 0 Å². The molecule has 1 aliphatic rings. The Kier molecular flexibility index (Phi) is 3.10. The minimum Gasteiger partial charge on any atom is -0.399 e. The first-order valence-corrected chi connectivity index (χ1v) is 5.43. The molecule has 0 aliphatic carbocycles. The number of carbonyl (C=O) groups is 1. The fourth-order valence-corrected chi connectivity index (χ4v) is 1.81. The molecule has 1 aliphatic heterocycles. The van der Waals surface area contributed by atoms with Crippen molar-refractivity contribution >= 4 is 17.3 Å². The van der Waals surface area contributed by atoms with E-state index >= 15 is 0 Å². The Morgan fingerprint density at radius 3 is 2.69 bits per heavy atom. The minimum absolute atomic E-state index is 0.0160. The van der Waals surface area contributed by atoms with Crippen molar-refractivity contribution in [2.45, 2.75) is 18.9 Å². The van der Waals surface area contributed by atoms with Crippen molar-refractivity contribution in [2.24, 2.45) is 0 Å². The first-order valence-electron chi connectivity index (χ1n) is 5.43. The summed E-state index contributed by atoms with van der Waals surface area (Å²) >= 11 is 0. The Bertz CT molecular complexity index is 369. The molecule has 1 heterocycles. The number of benzene rings is 1. The summed E-state index contributed by atoms with van der Waals surface area (Å²) in [5, 5.41) is 0. The zero-order valence-corrected chi connectivity index (χ0v) is 9.35. The van der Waals surface area contributed by atoms with Crippen LogP contribution in [0.1, 0.15) is 12.8 Å². The number of nitrogens with two attached hydrogens (primary N) is 1. The van der Waals surface area contributed by atoms with Crippen LogP contribution in [0.4, 0.5) is 11.4 Å². The van der Waals surface area contributed by atoms with E-state index in [4.69, 9.17) is 10.5 Å². The molecular formula is C12H16N2O2. The van der Waals surface area contributed by atoms with Gasteiger partial charge < -0.3 is 15.4 Å². The lowest BCUT2D eigenvalue weighted by molar-refractivity contribution is -0.127. The molecule has 0 saturated carbocycles. The molecule has 1 saturated heterocycles. The van der Waals surface area contributed by atoms with E-state index in [1.807, 2.05) is 12.1 Å². The third-order valence-electron chi connectivity index (χ3n) is 2.82. The van der Waals surface area contributed by atoms with Crippen LogP contribution in [0.3, 0.4) is 0 Å². The molecule has 0 aromatic heterocycles. The summed E-state index contributed by atoms with van der Waals surface area (Å²) in [7, 11) is 1.76. The molecule has 0 radical (unpaired) electrons. The molecule has 1 aromatic carbocycles. The normalized spacial score (nSPS) is 19.7. The van der Waals surface area contributed by atoms with Gasteiger partial charge in [-0.1, -0.05) is 0 Å². The number of amides is 1. The lowest BCUT2D eigenvalue weighted by atomic mass is 10.2. The summed E-state index contributed by atoms with van der Waals surface area (Å²) in [6.07, 6.45) is 1.51. The first kappa shape index (κ1) is 11.0. The topological polar surface area (TPSA) is 55.6 Å². The number of likely N-dealkylation sites (N-methyl/N-ethyl adjacent to an activating group) is 1. The number of carbonyl (C=O) groups excluding carboxylic acids is 1. The number of hydrogen-bond acceptors (Lipinski definition) is 3. The smallest absolute Gasteiger partial charge is 0.255 e. The molecule has 0 bridgehead atoms. The Morgan fingerprint density at radius 2 is 2.12 bits per heavy atom. The van der Waals surface area contributed by atoms with Gasteiger partial charge in [-0.15, -0.1) is 0 Å². The van der Waals surface area contributed by atoms with Gasteiger partial charge in [0, 0.05) is 25.0 Å². The van der Waals surface area contributed by atoms with E-state index in [0.717, 1.165) is 18.5 Å². The third-order valence-corrected chi connectivity index (χ3v) is 2.82. The van der Waals surface area contributed by atoms with Crippen LogP contribution in [0.5, 0.6) is 0 Å². The zero-order chi connectivity index (χ0) is 11.5. The Hall–Kier alpha value is -1.55. The van der Waals surface area contributed by atoms with E-state index in [9.17, 15) is 4.79 Å². The monoisotopic (exact) mass is 220 g/mol. The van der Waals surface area contributed by atoms with Crippen molar-refractivity contribution in [1.82, 2.24) is 0 Å². The number of rotatable bonds is 2. The highest BCUT2D eigenvalue weighted by Crippen LogP contribution is 2.20. The number of ether oxygens (including phenoxy) is 1. The summed E-state index contributed by atoms with van der Waals surface area (Å²) in [5.74, 6) is 0.0160. The Morgan fingerprint density at radius 1 is 1.44 bits per heavy atom. The minimum atomic E-state index is -0.275. The van der Waals surface area contributed by atoms with Gasteiger partial charge in [0.15, 0.2) is 0 Å². The number of nitrogen functional groups attached to an aromatic ring is 1. The second-order valence-corrected chi connectivity index (χ2v) is 3.99. The van der Waals surface area contributed by atoms with Gasteiger partial charge in [0.05, 0.1) is 0 Å². The van der Waals surface area contributed by atoms with Crippen LogP contribution in [0.25, 0.3) is 0 Å². The maximum atomic E-state index is 12.0. The second kappa shape index (κ2) is 4.53. The van der Waals surface area contributed by atoms with E-state index in [1.165, 1.54) is 0 Å². The molecule has 4 nitrogen and oxygen atoms in total. The van der Waals surface area contributed by atoms with Gasteiger partial charge in [-0.25, -0.2) is 0 Å². The highest BCUT2D eigenvalue weighted by Gasteiger charge is 2.26.